The van der Waals surface area contributed by atoms with E-state index in [9.17, 15) is 9.59 Å². The van der Waals surface area contributed by atoms with Gasteiger partial charge in [-0.25, -0.2) is 5.10 Å². The van der Waals surface area contributed by atoms with E-state index >= 15 is 0 Å². The number of nitrogens with one attached hydrogen (secondary N) is 3. The van der Waals surface area contributed by atoms with Crippen molar-refractivity contribution < 1.29 is 9.59 Å². The van der Waals surface area contributed by atoms with Crippen molar-refractivity contribution in [3.8, 4) is 22.5 Å². The summed E-state index contributed by atoms with van der Waals surface area (Å²) in [5, 5.41) is 17.2. The maximum atomic E-state index is 13.6. The highest BCUT2D eigenvalue weighted by Gasteiger charge is 2.32. The van der Waals surface area contributed by atoms with E-state index in [1.807, 2.05) is 60.8 Å². The highest BCUT2D eigenvalue weighted by molar-refractivity contribution is 6.00. The molecule has 1 aliphatic rings. The predicted molar refractivity (Wildman–Crippen MR) is 140 cm³/mol. The third kappa shape index (κ3) is 5.44. The number of fused-ring (bicyclic) bond motifs is 1. The Hall–Kier alpha value is -4.31. The summed E-state index contributed by atoms with van der Waals surface area (Å²) < 4.78 is 0. The SMILES string of the molecule is CC(C)(N)CC(=O)N[C@@H]1CCc2[nH]ccc2N(Cc2ccc(-c3ccccc3-c3nnn[nH]3)cc2)C1=O. The van der Waals surface area contributed by atoms with E-state index in [1.54, 1.807) is 18.7 Å². The van der Waals surface area contributed by atoms with Crippen LogP contribution in [0.2, 0.25) is 0 Å². The summed E-state index contributed by atoms with van der Waals surface area (Å²) in [6, 6.07) is 17.3. The lowest BCUT2D eigenvalue weighted by Gasteiger charge is -2.26. The number of rotatable bonds is 7. The summed E-state index contributed by atoms with van der Waals surface area (Å²) in [5.74, 6) is 0.246. The minimum absolute atomic E-state index is 0.131. The fraction of sp³-hybridized carbons (Fsp3) is 0.296. The zero-order valence-corrected chi connectivity index (χ0v) is 20.9. The number of carbonyl (C=O) groups is 2. The van der Waals surface area contributed by atoms with E-state index < -0.39 is 11.6 Å². The Bertz CT molecular complexity index is 1390. The van der Waals surface area contributed by atoms with Gasteiger partial charge >= 0.3 is 0 Å². The van der Waals surface area contributed by atoms with Gasteiger partial charge in [-0.1, -0.05) is 48.5 Å². The van der Waals surface area contributed by atoms with Crippen molar-refractivity contribution in [2.24, 2.45) is 5.73 Å². The number of nitrogens with zero attached hydrogens (tertiary/aromatic N) is 4. The molecular weight excluding hydrogens is 468 g/mol. The van der Waals surface area contributed by atoms with Crippen LogP contribution in [-0.4, -0.2) is 49.0 Å². The number of aromatic nitrogens is 5. The van der Waals surface area contributed by atoms with Gasteiger partial charge in [-0.05, 0) is 59.9 Å². The number of aromatic amines is 2. The lowest BCUT2D eigenvalue weighted by atomic mass is 9.98. The summed E-state index contributed by atoms with van der Waals surface area (Å²) in [6.45, 7) is 3.97. The first-order chi connectivity index (χ1) is 17.8. The van der Waals surface area contributed by atoms with Gasteiger partial charge < -0.3 is 20.9 Å². The first-order valence-electron chi connectivity index (χ1n) is 12.3. The number of H-pyrrole nitrogens is 2. The second-order valence-electron chi connectivity index (χ2n) is 10.1. The van der Waals surface area contributed by atoms with Gasteiger partial charge in [0.1, 0.15) is 6.04 Å². The molecule has 0 aliphatic carbocycles. The predicted octanol–water partition coefficient (Wildman–Crippen LogP) is 2.95. The van der Waals surface area contributed by atoms with Crippen LogP contribution < -0.4 is 16.0 Å². The van der Waals surface area contributed by atoms with E-state index in [1.165, 1.54) is 0 Å². The Morgan fingerprint density at radius 2 is 1.89 bits per heavy atom. The second-order valence-corrected chi connectivity index (χ2v) is 10.1. The Morgan fingerprint density at radius 1 is 1.14 bits per heavy atom. The van der Waals surface area contributed by atoms with E-state index in [4.69, 9.17) is 5.73 Å². The maximum absolute atomic E-state index is 13.6. The number of carbonyl (C=O) groups excluding carboxylic acids is 2. The fourth-order valence-corrected chi connectivity index (χ4v) is 4.71. The quantitative estimate of drug-likeness (QED) is 0.308. The Kier molecular flexibility index (Phi) is 6.58. The van der Waals surface area contributed by atoms with Crippen LogP contribution >= 0.6 is 0 Å². The number of nitrogens with two attached hydrogens (primary N) is 1. The van der Waals surface area contributed by atoms with Crippen LogP contribution in [0.4, 0.5) is 5.69 Å². The molecule has 5 rings (SSSR count). The van der Waals surface area contributed by atoms with E-state index in [0.717, 1.165) is 33.6 Å². The number of aryl methyl sites for hydroxylation is 1. The number of anilines is 1. The molecule has 37 heavy (non-hydrogen) atoms. The van der Waals surface area contributed by atoms with Gasteiger partial charge in [-0.3, -0.25) is 9.59 Å². The van der Waals surface area contributed by atoms with Gasteiger partial charge in [0.15, 0.2) is 5.82 Å². The van der Waals surface area contributed by atoms with Crippen LogP contribution in [0.15, 0.2) is 60.8 Å². The van der Waals surface area contributed by atoms with Gasteiger partial charge in [0, 0.05) is 29.4 Å². The molecule has 4 aromatic rings. The molecule has 10 heteroatoms. The average molecular weight is 499 g/mol. The normalized spacial score (nSPS) is 15.8. The number of tetrazole rings is 1. The highest BCUT2D eigenvalue weighted by atomic mass is 16.2. The fourth-order valence-electron chi connectivity index (χ4n) is 4.71. The molecule has 0 bridgehead atoms. The highest BCUT2D eigenvalue weighted by Crippen LogP contribution is 2.31. The minimum Gasteiger partial charge on any atom is -0.363 e. The van der Waals surface area contributed by atoms with Crippen LogP contribution in [0.5, 0.6) is 0 Å². The van der Waals surface area contributed by atoms with Crippen molar-refractivity contribution in [3.05, 3.63) is 72.1 Å². The van der Waals surface area contributed by atoms with Crippen molar-refractivity contribution in [3.63, 3.8) is 0 Å². The molecule has 190 valence electrons. The van der Waals surface area contributed by atoms with Crippen LogP contribution in [0.25, 0.3) is 22.5 Å². The molecule has 3 heterocycles. The Labute approximate surface area is 214 Å². The molecular formula is C27H30N8O2. The maximum Gasteiger partial charge on any atom is 0.249 e. The molecule has 0 fully saturated rings. The van der Waals surface area contributed by atoms with Gasteiger partial charge in [0.05, 0.1) is 12.2 Å². The first-order valence-corrected chi connectivity index (χ1v) is 12.3. The van der Waals surface area contributed by atoms with E-state index in [0.29, 0.717) is 25.2 Å². The molecule has 5 N–H and O–H groups in total. The minimum atomic E-state index is -0.647. The topological polar surface area (TPSA) is 146 Å². The van der Waals surface area contributed by atoms with Crippen LogP contribution in [0.3, 0.4) is 0 Å². The third-order valence-corrected chi connectivity index (χ3v) is 6.43. The van der Waals surface area contributed by atoms with Crippen molar-refractivity contribution in [2.45, 2.75) is 51.2 Å². The first kappa shape index (κ1) is 24.4. The molecule has 0 spiro atoms. The van der Waals surface area contributed by atoms with E-state index in [-0.39, 0.29) is 18.2 Å². The molecule has 0 radical (unpaired) electrons. The molecule has 2 aromatic heterocycles. The number of hydrogen-bond donors (Lipinski definition) is 4. The summed E-state index contributed by atoms with van der Waals surface area (Å²) in [7, 11) is 0. The largest absolute Gasteiger partial charge is 0.363 e. The number of benzene rings is 2. The van der Waals surface area contributed by atoms with Crippen LogP contribution in [0, 0.1) is 0 Å². The molecule has 0 unspecified atom stereocenters. The number of amides is 2. The second kappa shape index (κ2) is 9.98. The molecule has 2 amide bonds. The lowest BCUT2D eigenvalue weighted by molar-refractivity contribution is -0.128. The lowest BCUT2D eigenvalue weighted by Crippen LogP contribution is -2.49. The summed E-state index contributed by atoms with van der Waals surface area (Å²) in [6.07, 6.45) is 3.17. The zero-order chi connectivity index (χ0) is 26.0. The number of hydrogen-bond acceptors (Lipinski definition) is 6. The summed E-state index contributed by atoms with van der Waals surface area (Å²) >= 11 is 0. The van der Waals surface area contributed by atoms with Gasteiger partial charge in [-0.2, -0.15) is 0 Å². The van der Waals surface area contributed by atoms with Gasteiger partial charge in [-0.15, -0.1) is 5.10 Å². The molecule has 10 nitrogen and oxygen atoms in total. The molecule has 1 aliphatic heterocycles. The van der Waals surface area contributed by atoms with Crippen molar-refractivity contribution >= 4 is 17.5 Å². The molecule has 2 aromatic carbocycles. The Balaban J connectivity index is 1.38. The third-order valence-electron chi connectivity index (χ3n) is 6.43. The standard InChI is InChI=1S/C27H30N8O2/c1-27(2,28)15-24(36)30-22-12-11-21-23(13-14-29-21)35(26(22)37)16-17-7-9-18(10-8-17)19-5-3-4-6-20(19)25-31-33-34-32-25/h3-10,13-14,22,29H,11-12,15-16,28H2,1-2H3,(H,30,36)(H,31,32,33,34)/t22-/m1/s1. The van der Waals surface area contributed by atoms with Crippen LogP contribution in [0.1, 0.15) is 37.9 Å². The van der Waals surface area contributed by atoms with Crippen LogP contribution in [-0.2, 0) is 22.6 Å². The average Bonchev–Trinajstić information content (AvgIpc) is 3.55. The Morgan fingerprint density at radius 3 is 2.59 bits per heavy atom. The molecule has 0 saturated heterocycles. The van der Waals surface area contributed by atoms with Crippen molar-refractivity contribution in [2.75, 3.05) is 4.90 Å². The summed E-state index contributed by atoms with van der Waals surface area (Å²) in [4.78, 5) is 31.2. The van der Waals surface area contributed by atoms with E-state index in [2.05, 4.69) is 30.9 Å². The smallest absolute Gasteiger partial charge is 0.249 e. The molecule has 1 atom stereocenters. The summed E-state index contributed by atoms with van der Waals surface area (Å²) in [5.41, 5.74) is 11.1. The molecule has 0 saturated carbocycles. The zero-order valence-electron chi connectivity index (χ0n) is 20.9. The van der Waals surface area contributed by atoms with Crippen molar-refractivity contribution in [1.82, 2.24) is 30.9 Å². The van der Waals surface area contributed by atoms with Crippen molar-refractivity contribution in [1.29, 1.82) is 0 Å². The monoisotopic (exact) mass is 498 g/mol. The van der Waals surface area contributed by atoms with Gasteiger partial charge in [0.2, 0.25) is 11.8 Å². The van der Waals surface area contributed by atoms with Gasteiger partial charge in [0.25, 0.3) is 0 Å².